The number of hydrogen-bond acceptors (Lipinski definition) is 8. The van der Waals surface area contributed by atoms with Crippen LogP contribution in [0.4, 0.5) is 4.79 Å². The lowest BCUT2D eigenvalue weighted by Gasteiger charge is -2.43. The molecule has 0 aliphatic carbocycles. The summed E-state index contributed by atoms with van der Waals surface area (Å²) in [6.45, 7) is 6.51. The Morgan fingerprint density at radius 2 is 1.04 bits per heavy atom. The van der Waals surface area contributed by atoms with E-state index >= 15 is 0 Å². The van der Waals surface area contributed by atoms with Crippen molar-refractivity contribution in [2.24, 2.45) is 0 Å². The zero-order chi connectivity index (χ0) is 37.2. The number of nitrogens with zero attached hydrogens (tertiary/aromatic N) is 2. The van der Waals surface area contributed by atoms with Crippen molar-refractivity contribution in [1.82, 2.24) is 9.80 Å². The van der Waals surface area contributed by atoms with Crippen molar-refractivity contribution >= 4 is 18.0 Å². The van der Waals surface area contributed by atoms with Crippen LogP contribution in [0, 0.1) is 5.41 Å². The van der Waals surface area contributed by atoms with Gasteiger partial charge in [-0.1, -0.05) is 168 Å². The number of esters is 1. The number of carbonyl (C=O) groups excluding carboxylic acids is 2. The molecule has 1 amide bonds. The number of ether oxygens (including phenoxy) is 3. The van der Waals surface area contributed by atoms with Gasteiger partial charge in [-0.25, -0.2) is 4.79 Å². The fraction of sp³-hybridized carbons (Fsp3) is 0.929. The maximum absolute atomic E-state index is 12.7. The van der Waals surface area contributed by atoms with Crippen LogP contribution in [0.3, 0.4) is 0 Å². The Balaban J connectivity index is 2.29. The van der Waals surface area contributed by atoms with Gasteiger partial charge in [0.1, 0.15) is 13.2 Å². The Bertz CT molecular complexity index is 837. The van der Waals surface area contributed by atoms with E-state index in [4.69, 9.17) is 24.7 Å². The van der Waals surface area contributed by atoms with Crippen molar-refractivity contribution in [1.29, 1.82) is 5.41 Å². The molecule has 0 aromatic carbocycles. The van der Waals surface area contributed by atoms with Gasteiger partial charge < -0.3 is 24.2 Å². The number of carbonyl (C=O) groups is 2. The Hall–Kier alpha value is -1.87. The van der Waals surface area contributed by atoms with Gasteiger partial charge in [0.25, 0.3) is 0 Å². The first kappa shape index (κ1) is 47.2. The molecule has 1 rings (SSSR count). The van der Waals surface area contributed by atoms with E-state index < -0.39 is 12.2 Å². The van der Waals surface area contributed by atoms with Gasteiger partial charge in [0.05, 0.1) is 12.6 Å². The summed E-state index contributed by atoms with van der Waals surface area (Å²) in [6.07, 6.45) is 32.5. The third kappa shape index (κ3) is 27.4. The average Bonchev–Trinajstić information content (AvgIpc) is 3.10. The van der Waals surface area contributed by atoms with Crippen LogP contribution in [0.5, 0.6) is 0 Å². The predicted octanol–water partition coefficient (Wildman–Crippen LogP) is 10.6. The number of likely N-dealkylation sites (tertiary alicyclic amines) is 1. The molecule has 1 aliphatic heterocycles. The van der Waals surface area contributed by atoms with Crippen molar-refractivity contribution in [2.45, 2.75) is 206 Å². The highest BCUT2D eigenvalue weighted by Crippen LogP contribution is 2.17. The quantitative estimate of drug-likeness (QED) is 0.0286. The molecule has 1 saturated heterocycles. The number of unbranched alkanes of at least 4 members (excludes halogenated alkanes) is 24. The highest BCUT2D eigenvalue weighted by molar-refractivity contribution is 5.73. The van der Waals surface area contributed by atoms with Crippen molar-refractivity contribution in [3.05, 3.63) is 0 Å². The van der Waals surface area contributed by atoms with Crippen molar-refractivity contribution in [3.63, 3.8) is 0 Å². The highest BCUT2D eigenvalue weighted by atomic mass is 16.6. The normalized spacial score (nSPS) is 13.9. The fourth-order valence-corrected chi connectivity index (χ4v) is 6.75. The van der Waals surface area contributed by atoms with E-state index in [0.29, 0.717) is 32.5 Å². The van der Waals surface area contributed by atoms with Crippen LogP contribution in [0.1, 0.15) is 194 Å². The van der Waals surface area contributed by atoms with Crippen LogP contribution in [-0.2, 0) is 19.0 Å². The Morgan fingerprint density at radius 1 is 0.647 bits per heavy atom. The first-order valence-electron chi connectivity index (χ1n) is 21.5. The summed E-state index contributed by atoms with van der Waals surface area (Å²) in [6, 6.07) is 0.0374. The largest absolute Gasteiger partial charge is 0.471 e. The van der Waals surface area contributed by atoms with Crippen molar-refractivity contribution < 1.29 is 28.9 Å². The molecule has 300 valence electrons. The molecule has 1 heterocycles. The van der Waals surface area contributed by atoms with Gasteiger partial charge in [0.2, 0.25) is 0 Å². The molecule has 1 fully saturated rings. The van der Waals surface area contributed by atoms with E-state index in [9.17, 15) is 9.59 Å². The molecular weight excluding hydrogens is 642 g/mol. The van der Waals surface area contributed by atoms with E-state index in [0.717, 1.165) is 32.1 Å². The standard InChI is InChI=1S/C42H81N3O6/c1-4-6-8-10-12-14-16-18-20-22-24-26-28-30-40(43)51-39(37-50-42(48)44(3)38-34-45(35-38)32-33-46)36-49-41(47)31-29-27-25-23-21-19-17-15-13-11-9-7-5-2/h38-39,43,46H,4-37H2,1-3H3. The topological polar surface area (TPSA) is 112 Å². The molecule has 0 bridgehead atoms. The molecule has 0 radical (unpaired) electrons. The number of likely N-dealkylation sites (N-methyl/N-ethyl adjacent to an activating group) is 1. The summed E-state index contributed by atoms with van der Waals surface area (Å²) in [5, 5.41) is 17.5. The maximum Gasteiger partial charge on any atom is 0.409 e. The van der Waals surface area contributed by atoms with Crippen LogP contribution in [0.2, 0.25) is 0 Å². The summed E-state index contributed by atoms with van der Waals surface area (Å²) in [5.74, 6) is -0.116. The summed E-state index contributed by atoms with van der Waals surface area (Å²) < 4.78 is 17.0. The van der Waals surface area contributed by atoms with Crippen LogP contribution in [0.15, 0.2) is 0 Å². The summed E-state index contributed by atoms with van der Waals surface area (Å²) >= 11 is 0. The Kier molecular flexibility index (Phi) is 31.4. The first-order valence-corrected chi connectivity index (χ1v) is 21.5. The van der Waals surface area contributed by atoms with Crippen LogP contribution in [0.25, 0.3) is 0 Å². The number of hydrogen-bond donors (Lipinski definition) is 2. The highest BCUT2D eigenvalue weighted by Gasteiger charge is 2.33. The van der Waals surface area contributed by atoms with Crippen LogP contribution < -0.4 is 0 Å². The molecule has 1 unspecified atom stereocenters. The lowest BCUT2D eigenvalue weighted by molar-refractivity contribution is -0.147. The Morgan fingerprint density at radius 3 is 1.47 bits per heavy atom. The second kappa shape index (κ2) is 33.9. The Labute approximate surface area is 313 Å². The van der Waals surface area contributed by atoms with E-state index in [-0.39, 0.29) is 37.7 Å². The maximum atomic E-state index is 12.7. The minimum Gasteiger partial charge on any atom is -0.471 e. The average molecular weight is 724 g/mol. The number of aliphatic hydroxyl groups is 1. The third-order valence-electron chi connectivity index (χ3n) is 10.3. The number of nitrogens with one attached hydrogen (secondary N) is 1. The minimum absolute atomic E-state index is 0.0374. The van der Waals surface area contributed by atoms with Gasteiger partial charge >= 0.3 is 12.1 Å². The molecule has 9 heteroatoms. The second-order valence-electron chi connectivity index (χ2n) is 15.2. The van der Waals surface area contributed by atoms with Crippen molar-refractivity contribution in [3.8, 4) is 0 Å². The molecule has 0 saturated carbocycles. The van der Waals surface area contributed by atoms with Crippen molar-refractivity contribution in [2.75, 3.05) is 46.5 Å². The van der Waals surface area contributed by atoms with Gasteiger partial charge in [-0.3, -0.25) is 15.1 Å². The molecule has 9 nitrogen and oxygen atoms in total. The zero-order valence-corrected chi connectivity index (χ0v) is 33.6. The summed E-state index contributed by atoms with van der Waals surface area (Å²) in [5.41, 5.74) is 0. The monoisotopic (exact) mass is 724 g/mol. The molecule has 1 aliphatic rings. The smallest absolute Gasteiger partial charge is 0.409 e. The third-order valence-corrected chi connectivity index (χ3v) is 10.3. The van der Waals surface area contributed by atoms with Crippen LogP contribution >= 0.6 is 0 Å². The van der Waals surface area contributed by atoms with E-state index in [1.165, 1.54) is 135 Å². The molecule has 0 spiro atoms. The van der Waals surface area contributed by atoms with Gasteiger partial charge in [-0.2, -0.15) is 0 Å². The number of amides is 1. The van der Waals surface area contributed by atoms with E-state index in [1.54, 1.807) is 11.9 Å². The van der Waals surface area contributed by atoms with Gasteiger partial charge in [-0.05, 0) is 12.8 Å². The van der Waals surface area contributed by atoms with Gasteiger partial charge in [0, 0.05) is 39.5 Å². The van der Waals surface area contributed by atoms with Crippen LogP contribution in [-0.4, -0.2) is 91.5 Å². The summed E-state index contributed by atoms with van der Waals surface area (Å²) in [4.78, 5) is 28.9. The second-order valence-corrected chi connectivity index (χ2v) is 15.2. The lowest BCUT2D eigenvalue weighted by Crippen LogP contribution is -2.60. The SMILES string of the molecule is CCCCCCCCCCCCCCCC(=N)OC(COC(=O)CCCCCCCCCCCCCCC)COC(=O)N(C)C1CN(CCO)C1. The predicted molar refractivity (Wildman–Crippen MR) is 211 cm³/mol. The minimum atomic E-state index is -0.709. The molecule has 0 aromatic heterocycles. The number of aliphatic hydroxyl groups excluding tert-OH is 1. The fourth-order valence-electron chi connectivity index (χ4n) is 6.75. The zero-order valence-electron chi connectivity index (χ0n) is 33.6. The number of β-amino-alcohol motifs (C(OH)–C–C–N with tert-alkyl or cyclic N) is 1. The van der Waals surface area contributed by atoms with E-state index in [1.807, 2.05) is 0 Å². The molecular formula is C42H81N3O6. The molecule has 0 aromatic rings. The first-order chi connectivity index (χ1) is 24.9. The molecule has 2 N–H and O–H groups in total. The van der Waals surface area contributed by atoms with Gasteiger partial charge in [0.15, 0.2) is 12.0 Å². The van der Waals surface area contributed by atoms with E-state index in [2.05, 4.69) is 18.7 Å². The molecule has 1 atom stereocenters. The number of rotatable bonds is 36. The van der Waals surface area contributed by atoms with Gasteiger partial charge in [-0.15, -0.1) is 0 Å². The molecule has 51 heavy (non-hydrogen) atoms. The lowest BCUT2D eigenvalue weighted by atomic mass is 10.0. The summed E-state index contributed by atoms with van der Waals surface area (Å²) in [7, 11) is 1.71.